The van der Waals surface area contributed by atoms with Crippen LogP contribution in [0.25, 0.3) is 0 Å². The van der Waals surface area contributed by atoms with Crippen molar-refractivity contribution >= 4 is 11.9 Å². The minimum absolute atomic E-state index is 0.00108. The summed E-state index contributed by atoms with van der Waals surface area (Å²) in [5.74, 6) is 1.54. The number of nitrogens with zero attached hydrogens (tertiary/aromatic N) is 4. The Balaban J connectivity index is 1.77. The van der Waals surface area contributed by atoms with E-state index in [1.807, 2.05) is 39.9 Å². The summed E-state index contributed by atoms with van der Waals surface area (Å²) in [5.41, 5.74) is 2.24. The lowest BCUT2D eigenvalue weighted by Gasteiger charge is -2.39. The molecular weight excluding hydrogens is 364 g/mol. The third-order valence-electron chi connectivity index (χ3n) is 5.52. The first-order valence-corrected chi connectivity index (χ1v) is 10.1. The molecule has 2 atom stereocenters. The molecule has 1 aromatic heterocycles. The van der Waals surface area contributed by atoms with Crippen LogP contribution in [0.5, 0.6) is 5.75 Å². The number of carbonyl (C=O) groups is 1. The first kappa shape index (κ1) is 19.2. The fourth-order valence-electron chi connectivity index (χ4n) is 3.99. The van der Waals surface area contributed by atoms with Crippen molar-refractivity contribution in [3.8, 4) is 5.75 Å². The molecule has 4 rings (SSSR count). The highest BCUT2D eigenvalue weighted by Crippen LogP contribution is 2.42. The first-order valence-electron chi connectivity index (χ1n) is 10.1. The molecule has 3 aromatic rings. The number of anilines is 1. The molecule has 1 amide bonds. The molecule has 1 aliphatic rings. The van der Waals surface area contributed by atoms with Crippen LogP contribution in [0.2, 0.25) is 0 Å². The second-order valence-corrected chi connectivity index (χ2v) is 7.32. The van der Waals surface area contributed by atoms with Gasteiger partial charge >= 0.3 is 0 Å². The van der Waals surface area contributed by atoms with Gasteiger partial charge < -0.3 is 4.74 Å². The van der Waals surface area contributed by atoms with Crippen LogP contribution in [0.1, 0.15) is 55.8 Å². The van der Waals surface area contributed by atoms with Gasteiger partial charge in [-0.2, -0.15) is 10.1 Å². The zero-order valence-corrected chi connectivity index (χ0v) is 16.9. The van der Waals surface area contributed by atoms with Crippen LogP contribution in [-0.2, 0) is 4.79 Å². The van der Waals surface area contributed by atoms with Crippen LogP contribution in [-0.4, -0.2) is 27.8 Å². The Morgan fingerprint density at radius 1 is 1.07 bits per heavy atom. The average molecular weight is 390 g/mol. The molecule has 150 valence electrons. The number of rotatable bonds is 6. The number of carbonyl (C=O) groups excluding carboxylic acids is 1. The normalized spacial score (nSPS) is 18.3. The third kappa shape index (κ3) is 3.75. The van der Waals surface area contributed by atoms with E-state index in [2.05, 4.69) is 41.3 Å². The molecule has 0 spiro atoms. The lowest BCUT2D eigenvalue weighted by molar-refractivity contribution is -0.119. The number of unbranched alkanes of at least 4 members (excludes halogenated alkanes) is 1. The van der Waals surface area contributed by atoms with Crippen molar-refractivity contribution in [3.05, 3.63) is 72.1 Å². The fourth-order valence-corrected chi connectivity index (χ4v) is 3.99. The van der Waals surface area contributed by atoms with Gasteiger partial charge in [0.25, 0.3) is 0 Å². The molecule has 2 heterocycles. The summed E-state index contributed by atoms with van der Waals surface area (Å²) < 4.78 is 7.18. The summed E-state index contributed by atoms with van der Waals surface area (Å²) in [6, 6.07) is 18.2. The summed E-state index contributed by atoms with van der Waals surface area (Å²) in [7, 11) is 1.66. The lowest BCUT2D eigenvalue weighted by Crippen LogP contribution is -2.42. The summed E-state index contributed by atoms with van der Waals surface area (Å²) in [6.07, 6.45) is 4.65. The maximum Gasteiger partial charge on any atom is 0.231 e. The molecule has 0 fully saturated rings. The van der Waals surface area contributed by atoms with Gasteiger partial charge in [-0.25, -0.2) is 4.68 Å². The van der Waals surface area contributed by atoms with E-state index in [4.69, 9.17) is 4.74 Å². The second kappa shape index (κ2) is 8.47. The van der Waals surface area contributed by atoms with E-state index in [-0.39, 0.29) is 18.0 Å². The monoisotopic (exact) mass is 390 g/mol. The van der Waals surface area contributed by atoms with E-state index >= 15 is 0 Å². The quantitative estimate of drug-likeness (QED) is 0.620. The molecule has 0 saturated heterocycles. The Morgan fingerprint density at radius 3 is 2.48 bits per heavy atom. The van der Waals surface area contributed by atoms with Crippen molar-refractivity contribution in [2.45, 2.75) is 44.7 Å². The van der Waals surface area contributed by atoms with Crippen molar-refractivity contribution in [1.29, 1.82) is 0 Å². The van der Waals surface area contributed by atoms with Crippen molar-refractivity contribution in [1.82, 2.24) is 14.8 Å². The van der Waals surface area contributed by atoms with Crippen molar-refractivity contribution in [2.75, 3.05) is 12.0 Å². The zero-order chi connectivity index (χ0) is 20.2. The van der Waals surface area contributed by atoms with Gasteiger partial charge in [0.1, 0.15) is 12.1 Å². The maximum atomic E-state index is 13.2. The smallest absolute Gasteiger partial charge is 0.231 e. The minimum Gasteiger partial charge on any atom is -0.497 e. The molecule has 6 heteroatoms. The topological polar surface area (TPSA) is 60.2 Å². The van der Waals surface area contributed by atoms with Crippen LogP contribution in [0.3, 0.4) is 0 Å². The number of methoxy groups -OCH3 is 1. The van der Waals surface area contributed by atoms with Gasteiger partial charge in [0.15, 0.2) is 0 Å². The highest BCUT2D eigenvalue weighted by Gasteiger charge is 2.38. The SMILES string of the molecule is CCCCC(=O)N1c2ncnn2[C@@H](c2ccc(OC)cc2)C[C@H]1c1ccccc1. The average Bonchev–Trinajstić information content (AvgIpc) is 3.26. The van der Waals surface area contributed by atoms with E-state index in [9.17, 15) is 4.79 Å². The van der Waals surface area contributed by atoms with Crippen LogP contribution in [0.4, 0.5) is 5.95 Å². The summed E-state index contributed by atoms with van der Waals surface area (Å²) in [4.78, 5) is 19.5. The number of amides is 1. The van der Waals surface area contributed by atoms with Gasteiger partial charge in [0.2, 0.25) is 11.9 Å². The predicted octanol–water partition coefficient (Wildman–Crippen LogP) is 4.54. The summed E-state index contributed by atoms with van der Waals surface area (Å²) >= 11 is 0. The molecule has 1 aliphatic heterocycles. The highest BCUT2D eigenvalue weighted by molar-refractivity contribution is 5.92. The fraction of sp³-hybridized carbons (Fsp3) is 0.348. The largest absolute Gasteiger partial charge is 0.497 e. The minimum atomic E-state index is -0.0793. The second-order valence-electron chi connectivity index (χ2n) is 7.32. The first-order chi connectivity index (χ1) is 14.2. The van der Waals surface area contributed by atoms with Crippen molar-refractivity contribution in [2.24, 2.45) is 0 Å². The van der Waals surface area contributed by atoms with E-state index in [0.717, 1.165) is 36.1 Å². The van der Waals surface area contributed by atoms with Crippen LogP contribution in [0, 0.1) is 0 Å². The van der Waals surface area contributed by atoms with E-state index in [0.29, 0.717) is 12.4 Å². The Kier molecular flexibility index (Phi) is 5.60. The van der Waals surface area contributed by atoms with E-state index in [1.54, 1.807) is 13.4 Å². The molecule has 0 saturated carbocycles. The molecule has 0 bridgehead atoms. The van der Waals surface area contributed by atoms with Crippen molar-refractivity contribution < 1.29 is 9.53 Å². The summed E-state index contributed by atoms with van der Waals surface area (Å²) in [6.45, 7) is 2.10. The van der Waals surface area contributed by atoms with Gasteiger partial charge in [-0.3, -0.25) is 9.69 Å². The molecule has 2 aromatic carbocycles. The highest BCUT2D eigenvalue weighted by atomic mass is 16.5. The molecular formula is C23H26N4O2. The number of hydrogen-bond acceptors (Lipinski definition) is 4. The van der Waals surface area contributed by atoms with Gasteiger partial charge in [-0.05, 0) is 36.1 Å². The number of fused-ring (bicyclic) bond motifs is 1. The standard InChI is InChI=1S/C23H26N4O2/c1-3-4-10-22(28)26-20(17-8-6-5-7-9-17)15-21(27-23(26)24-16-25-27)18-11-13-19(29-2)14-12-18/h5-9,11-14,16,20-21H,3-4,10,15H2,1-2H3/t20-,21+/m0/s1. The Morgan fingerprint density at radius 2 is 1.79 bits per heavy atom. The van der Waals surface area contributed by atoms with E-state index in [1.165, 1.54) is 0 Å². The van der Waals surface area contributed by atoms with E-state index < -0.39 is 0 Å². The Labute approximate surface area is 171 Å². The maximum absolute atomic E-state index is 13.2. The molecule has 29 heavy (non-hydrogen) atoms. The lowest BCUT2D eigenvalue weighted by atomic mass is 9.91. The zero-order valence-electron chi connectivity index (χ0n) is 16.9. The van der Waals surface area contributed by atoms with Gasteiger partial charge in [0.05, 0.1) is 19.2 Å². The Bertz CT molecular complexity index is 953. The number of hydrogen-bond donors (Lipinski definition) is 0. The van der Waals surface area contributed by atoms with Gasteiger partial charge in [-0.1, -0.05) is 55.8 Å². The van der Waals surface area contributed by atoms with Crippen LogP contribution >= 0.6 is 0 Å². The molecule has 6 nitrogen and oxygen atoms in total. The van der Waals surface area contributed by atoms with Gasteiger partial charge in [0, 0.05) is 6.42 Å². The number of ether oxygens (including phenoxy) is 1. The summed E-state index contributed by atoms with van der Waals surface area (Å²) in [5, 5.41) is 4.48. The van der Waals surface area contributed by atoms with Crippen molar-refractivity contribution in [3.63, 3.8) is 0 Å². The van der Waals surface area contributed by atoms with Crippen LogP contribution in [0.15, 0.2) is 60.9 Å². The number of aromatic nitrogens is 3. The Hall–Kier alpha value is -3.15. The third-order valence-corrected chi connectivity index (χ3v) is 5.52. The van der Waals surface area contributed by atoms with Gasteiger partial charge in [-0.15, -0.1) is 0 Å². The molecule has 0 aliphatic carbocycles. The van der Waals surface area contributed by atoms with Crippen LogP contribution < -0.4 is 9.64 Å². The molecule has 0 radical (unpaired) electrons. The molecule has 0 N–H and O–H groups in total. The number of benzene rings is 2. The predicted molar refractivity (Wildman–Crippen MR) is 112 cm³/mol. The molecule has 0 unspecified atom stereocenters.